The molecule has 0 aromatic carbocycles. The maximum Gasteiger partial charge on any atom is 0.407 e. The van der Waals surface area contributed by atoms with E-state index in [1.165, 1.54) is 0 Å². The second-order valence-electron chi connectivity index (χ2n) is 4.13. The third-order valence-electron chi connectivity index (χ3n) is 1.37. The number of amides is 1. The van der Waals surface area contributed by atoms with Crippen LogP contribution in [0.5, 0.6) is 0 Å². The van der Waals surface area contributed by atoms with E-state index in [2.05, 4.69) is 5.32 Å². The Morgan fingerprint density at radius 3 is 2.50 bits per heavy atom. The molecule has 0 spiro atoms. The van der Waals surface area contributed by atoms with E-state index in [1.54, 1.807) is 27.7 Å². The van der Waals surface area contributed by atoms with Crippen molar-refractivity contribution in [3.05, 3.63) is 11.9 Å². The summed E-state index contributed by atoms with van der Waals surface area (Å²) in [6.07, 6.45) is 0.566. The van der Waals surface area contributed by atoms with Crippen molar-refractivity contribution in [1.82, 2.24) is 5.32 Å². The van der Waals surface area contributed by atoms with Gasteiger partial charge in [0.05, 0.1) is 6.33 Å². The van der Waals surface area contributed by atoms with Gasteiger partial charge >= 0.3 is 6.09 Å². The molecule has 0 aromatic heterocycles. The molecule has 4 heteroatoms. The summed E-state index contributed by atoms with van der Waals surface area (Å²) in [7, 11) is 0. The van der Waals surface area contributed by atoms with Gasteiger partial charge in [-0.05, 0) is 39.7 Å². The molecule has 82 valence electrons. The molecule has 0 aliphatic rings. The fraction of sp³-hybridized carbons (Fsp3) is 0.700. The predicted octanol–water partition coefficient (Wildman–Crippen LogP) is 2.77. The molecule has 0 saturated heterocycles. The van der Waals surface area contributed by atoms with Gasteiger partial charge in [0.15, 0.2) is 0 Å². The topological polar surface area (TPSA) is 38.3 Å². The summed E-state index contributed by atoms with van der Waals surface area (Å²) in [6, 6.07) is 0. The zero-order chi connectivity index (χ0) is 11.2. The van der Waals surface area contributed by atoms with Crippen molar-refractivity contribution in [1.29, 1.82) is 0 Å². The highest BCUT2D eigenvalue weighted by Gasteiger charge is 2.15. The van der Waals surface area contributed by atoms with Gasteiger partial charge in [0.25, 0.3) is 0 Å². The van der Waals surface area contributed by atoms with Crippen LogP contribution in [0.1, 0.15) is 34.1 Å². The molecule has 14 heavy (non-hydrogen) atoms. The van der Waals surface area contributed by atoms with E-state index in [4.69, 9.17) is 4.74 Å². The van der Waals surface area contributed by atoms with E-state index in [0.717, 1.165) is 0 Å². The van der Waals surface area contributed by atoms with Crippen molar-refractivity contribution in [2.24, 2.45) is 0 Å². The lowest BCUT2D eigenvalue weighted by molar-refractivity contribution is 0.0528. The van der Waals surface area contributed by atoms with Crippen molar-refractivity contribution in [3.8, 4) is 0 Å². The third-order valence-corrected chi connectivity index (χ3v) is 1.37. The summed E-state index contributed by atoms with van der Waals surface area (Å²) >= 11 is 0. The van der Waals surface area contributed by atoms with Crippen LogP contribution in [0, 0.1) is 0 Å². The first kappa shape index (κ1) is 12.9. The molecule has 0 bridgehead atoms. The summed E-state index contributed by atoms with van der Waals surface area (Å²) in [5.41, 5.74) is 0.107. The van der Waals surface area contributed by atoms with Crippen LogP contribution >= 0.6 is 0 Å². The first-order valence-corrected chi connectivity index (χ1v) is 4.58. The highest BCUT2D eigenvalue weighted by molar-refractivity contribution is 5.67. The van der Waals surface area contributed by atoms with E-state index >= 15 is 0 Å². The Kier molecular flexibility index (Phi) is 5.20. The van der Waals surface area contributed by atoms with Crippen LogP contribution in [0.4, 0.5) is 9.18 Å². The number of alkyl carbamates (subject to hydrolysis) is 1. The van der Waals surface area contributed by atoms with Crippen molar-refractivity contribution in [3.63, 3.8) is 0 Å². The summed E-state index contributed by atoms with van der Waals surface area (Å²) in [5.74, 6) is 0. The lowest BCUT2D eigenvalue weighted by atomic mass is 10.2. The molecule has 0 aliphatic heterocycles. The van der Waals surface area contributed by atoms with Crippen LogP contribution < -0.4 is 5.32 Å². The normalized spacial score (nSPS) is 12.5. The second-order valence-corrected chi connectivity index (χ2v) is 4.13. The predicted molar refractivity (Wildman–Crippen MR) is 53.7 cm³/mol. The molecule has 0 rings (SSSR count). The van der Waals surface area contributed by atoms with Crippen LogP contribution in [0.15, 0.2) is 11.9 Å². The van der Waals surface area contributed by atoms with Gasteiger partial charge in [0.1, 0.15) is 5.60 Å². The minimum atomic E-state index is -0.491. The number of carbonyl (C=O) groups excluding carboxylic acids is 1. The zero-order valence-electron chi connectivity index (χ0n) is 9.19. The van der Waals surface area contributed by atoms with Crippen LogP contribution in [0.2, 0.25) is 0 Å². The summed E-state index contributed by atoms with van der Waals surface area (Å²) in [5, 5.41) is 2.54. The molecule has 0 radical (unpaired) electrons. The van der Waals surface area contributed by atoms with Gasteiger partial charge in [-0.15, -0.1) is 0 Å². The number of carbonyl (C=O) groups is 1. The number of hydrogen-bond donors (Lipinski definition) is 1. The Labute approximate surface area is 84.3 Å². The van der Waals surface area contributed by atoms with E-state index < -0.39 is 11.7 Å². The summed E-state index contributed by atoms with van der Waals surface area (Å²) in [6.45, 7) is 7.43. The van der Waals surface area contributed by atoms with E-state index in [1.807, 2.05) is 0 Å². The number of hydrogen-bond acceptors (Lipinski definition) is 2. The van der Waals surface area contributed by atoms with Gasteiger partial charge in [-0.1, -0.05) is 0 Å². The van der Waals surface area contributed by atoms with Gasteiger partial charge in [-0.3, -0.25) is 0 Å². The first-order chi connectivity index (χ1) is 6.35. The largest absolute Gasteiger partial charge is 0.444 e. The zero-order valence-corrected chi connectivity index (χ0v) is 9.19. The molecule has 1 N–H and O–H groups in total. The molecule has 0 aromatic rings. The molecular formula is C10H18FNO2. The van der Waals surface area contributed by atoms with Crippen molar-refractivity contribution >= 4 is 6.09 Å². The highest BCUT2D eigenvalue weighted by Crippen LogP contribution is 2.06. The van der Waals surface area contributed by atoms with Gasteiger partial charge in [0.2, 0.25) is 0 Å². The standard InChI is InChI=1S/C10H18FNO2/c1-8(7-11)5-6-12-9(13)14-10(2,3)4/h7H,5-6H2,1-4H3,(H,12,13)/b8-7-. The van der Waals surface area contributed by atoms with Gasteiger partial charge < -0.3 is 10.1 Å². The SMILES string of the molecule is C/C(=C/F)CCNC(=O)OC(C)(C)C. The molecule has 1 amide bonds. The fourth-order valence-electron chi connectivity index (χ4n) is 0.730. The van der Waals surface area contributed by atoms with E-state index in [9.17, 15) is 9.18 Å². The van der Waals surface area contributed by atoms with Crippen molar-refractivity contribution < 1.29 is 13.9 Å². The molecular weight excluding hydrogens is 185 g/mol. The third kappa shape index (κ3) is 7.58. The minimum Gasteiger partial charge on any atom is -0.444 e. The Morgan fingerprint density at radius 2 is 2.07 bits per heavy atom. The Morgan fingerprint density at radius 1 is 1.50 bits per heavy atom. The summed E-state index contributed by atoms with van der Waals surface area (Å²) < 4.78 is 16.9. The van der Waals surface area contributed by atoms with Crippen LogP contribution in [-0.2, 0) is 4.74 Å². The smallest absolute Gasteiger partial charge is 0.407 e. The molecule has 0 fully saturated rings. The van der Waals surface area contributed by atoms with Gasteiger partial charge in [-0.25, -0.2) is 9.18 Å². The van der Waals surface area contributed by atoms with Gasteiger partial charge in [-0.2, -0.15) is 0 Å². The number of halogens is 1. The lowest BCUT2D eigenvalue weighted by Gasteiger charge is -2.19. The Balaban J connectivity index is 3.66. The van der Waals surface area contributed by atoms with E-state index in [0.29, 0.717) is 24.9 Å². The lowest BCUT2D eigenvalue weighted by Crippen LogP contribution is -2.33. The van der Waals surface area contributed by atoms with Gasteiger partial charge in [0, 0.05) is 6.54 Å². The molecule has 0 atom stereocenters. The first-order valence-electron chi connectivity index (χ1n) is 4.58. The minimum absolute atomic E-state index is 0.390. The number of ether oxygens (including phenoxy) is 1. The number of rotatable bonds is 3. The fourth-order valence-corrected chi connectivity index (χ4v) is 0.730. The van der Waals surface area contributed by atoms with Crippen molar-refractivity contribution in [2.75, 3.05) is 6.54 Å². The number of nitrogens with one attached hydrogen (secondary N) is 1. The highest BCUT2D eigenvalue weighted by atomic mass is 19.1. The maximum atomic E-state index is 11.9. The molecule has 0 heterocycles. The summed E-state index contributed by atoms with van der Waals surface area (Å²) in [4.78, 5) is 11.1. The molecule has 0 unspecified atom stereocenters. The Bertz CT molecular complexity index is 219. The second kappa shape index (κ2) is 5.62. The molecule has 0 saturated carbocycles. The Hall–Kier alpha value is -1.06. The monoisotopic (exact) mass is 203 g/mol. The van der Waals surface area contributed by atoms with E-state index in [-0.39, 0.29) is 0 Å². The maximum absolute atomic E-state index is 11.9. The van der Waals surface area contributed by atoms with Crippen LogP contribution in [0.3, 0.4) is 0 Å². The average molecular weight is 203 g/mol. The van der Waals surface area contributed by atoms with Crippen LogP contribution in [-0.4, -0.2) is 18.2 Å². The quantitative estimate of drug-likeness (QED) is 0.766. The average Bonchev–Trinajstić information content (AvgIpc) is 2.00. The van der Waals surface area contributed by atoms with Crippen LogP contribution in [0.25, 0.3) is 0 Å². The van der Waals surface area contributed by atoms with Crippen molar-refractivity contribution in [2.45, 2.75) is 39.7 Å². The molecule has 0 aliphatic carbocycles. The molecule has 3 nitrogen and oxygen atoms in total.